The highest BCUT2D eigenvalue weighted by Gasteiger charge is 2.41. The first kappa shape index (κ1) is 13.9. The second-order valence-corrected chi connectivity index (χ2v) is 5.06. The average molecular weight is 201 g/mol. The van der Waals surface area contributed by atoms with E-state index in [1.165, 1.54) is 0 Å². The molecule has 0 aliphatic carbocycles. The van der Waals surface area contributed by atoms with Gasteiger partial charge in [0.25, 0.3) is 0 Å². The number of methoxy groups -OCH3 is 1. The molecule has 0 aliphatic heterocycles. The fraction of sp³-hybridized carbons (Fsp3) is 1.00. The highest BCUT2D eigenvalue weighted by molar-refractivity contribution is 4.97. The molecule has 0 bridgehead atoms. The molecule has 0 aromatic rings. The summed E-state index contributed by atoms with van der Waals surface area (Å²) in [4.78, 5) is 0. The molecule has 0 heterocycles. The number of likely N-dealkylation sites (N-methyl/N-ethyl adjacent to an activating group) is 1. The monoisotopic (exact) mass is 201 g/mol. The SMILES string of the molecule is CCC(CC)(OC)C(NC)C(C)(C)C. The molecule has 0 amide bonds. The van der Waals surface area contributed by atoms with Gasteiger partial charge in [0.2, 0.25) is 0 Å². The zero-order valence-electron chi connectivity index (χ0n) is 10.9. The largest absolute Gasteiger partial charge is 0.377 e. The Morgan fingerprint density at radius 2 is 1.57 bits per heavy atom. The van der Waals surface area contributed by atoms with Gasteiger partial charge in [0.1, 0.15) is 0 Å². The van der Waals surface area contributed by atoms with Crippen LogP contribution in [0.3, 0.4) is 0 Å². The molecule has 1 atom stereocenters. The van der Waals surface area contributed by atoms with Gasteiger partial charge in [0, 0.05) is 13.2 Å². The van der Waals surface area contributed by atoms with E-state index in [1.807, 2.05) is 14.2 Å². The van der Waals surface area contributed by atoms with Crippen molar-refractivity contribution < 1.29 is 4.74 Å². The second kappa shape index (κ2) is 5.13. The van der Waals surface area contributed by atoms with E-state index in [1.54, 1.807) is 0 Å². The normalized spacial score (nSPS) is 15.6. The van der Waals surface area contributed by atoms with Gasteiger partial charge in [-0.1, -0.05) is 34.6 Å². The lowest BCUT2D eigenvalue weighted by atomic mass is 9.73. The molecule has 0 rings (SSSR count). The summed E-state index contributed by atoms with van der Waals surface area (Å²) in [6.45, 7) is 11.2. The number of rotatable bonds is 5. The maximum absolute atomic E-state index is 5.75. The fourth-order valence-electron chi connectivity index (χ4n) is 2.55. The second-order valence-electron chi connectivity index (χ2n) is 5.06. The van der Waals surface area contributed by atoms with Crippen LogP contribution in [0, 0.1) is 5.41 Å². The molecule has 1 N–H and O–H groups in total. The van der Waals surface area contributed by atoms with Crippen molar-refractivity contribution in [2.75, 3.05) is 14.2 Å². The number of hydrogen-bond donors (Lipinski definition) is 1. The van der Waals surface area contributed by atoms with E-state index in [9.17, 15) is 0 Å². The zero-order chi connectivity index (χ0) is 11.4. The summed E-state index contributed by atoms with van der Waals surface area (Å²) in [5.74, 6) is 0. The van der Waals surface area contributed by atoms with Crippen LogP contribution in [-0.4, -0.2) is 25.8 Å². The molecule has 0 aliphatic rings. The first-order valence-electron chi connectivity index (χ1n) is 5.60. The molecule has 14 heavy (non-hydrogen) atoms. The van der Waals surface area contributed by atoms with E-state index in [4.69, 9.17) is 4.74 Å². The van der Waals surface area contributed by atoms with Gasteiger partial charge in [-0.25, -0.2) is 0 Å². The molecule has 0 saturated heterocycles. The molecular formula is C12H27NO. The topological polar surface area (TPSA) is 21.3 Å². The summed E-state index contributed by atoms with van der Waals surface area (Å²) in [5.41, 5.74) is 0.184. The Morgan fingerprint density at radius 3 is 1.64 bits per heavy atom. The summed E-state index contributed by atoms with van der Waals surface area (Å²) < 4.78 is 5.75. The molecule has 1 unspecified atom stereocenters. The first-order chi connectivity index (χ1) is 6.37. The van der Waals surface area contributed by atoms with Gasteiger partial charge >= 0.3 is 0 Å². The van der Waals surface area contributed by atoms with Crippen molar-refractivity contribution in [1.29, 1.82) is 0 Å². The van der Waals surface area contributed by atoms with Gasteiger partial charge in [-0.2, -0.15) is 0 Å². The van der Waals surface area contributed by atoms with Crippen molar-refractivity contribution in [1.82, 2.24) is 5.32 Å². The van der Waals surface area contributed by atoms with Gasteiger partial charge in [-0.15, -0.1) is 0 Å². The van der Waals surface area contributed by atoms with Crippen LogP contribution in [0.5, 0.6) is 0 Å². The van der Waals surface area contributed by atoms with Crippen LogP contribution in [0.1, 0.15) is 47.5 Å². The number of ether oxygens (including phenoxy) is 1. The third kappa shape index (κ3) is 2.71. The number of hydrogen-bond acceptors (Lipinski definition) is 2. The molecule has 0 spiro atoms. The fourth-order valence-corrected chi connectivity index (χ4v) is 2.55. The molecule has 0 fully saturated rings. The van der Waals surface area contributed by atoms with Crippen molar-refractivity contribution in [3.8, 4) is 0 Å². The van der Waals surface area contributed by atoms with Crippen LogP contribution >= 0.6 is 0 Å². The quantitative estimate of drug-likeness (QED) is 0.738. The maximum atomic E-state index is 5.75. The molecule has 0 radical (unpaired) electrons. The number of nitrogens with one attached hydrogen (secondary N) is 1. The average Bonchev–Trinajstić information content (AvgIpc) is 2.12. The minimum atomic E-state index is -0.0347. The Labute approximate surface area is 89.4 Å². The Bertz CT molecular complexity index is 148. The third-order valence-electron chi connectivity index (χ3n) is 3.28. The van der Waals surface area contributed by atoms with Gasteiger partial charge in [0.05, 0.1) is 5.60 Å². The Morgan fingerprint density at radius 1 is 1.14 bits per heavy atom. The van der Waals surface area contributed by atoms with E-state index < -0.39 is 0 Å². The van der Waals surface area contributed by atoms with E-state index in [-0.39, 0.29) is 11.0 Å². The van der Waals surface area contributed by atoms with Crippen LogP contribution < -0.4 is 5.32 Å². The Hall–Kier alpha value is -0.0800. The van der Waals surface area contributed by atoms with Crippen LogP contribution in [0.25, 0.3) is 0 Å². The standard InChI is InChI=1S/C12H27NO/c1-8-12(9-2,14-7)10(13-6)11(3,4)5/h10,13H,8-9H2,1-7H3. The predicted molar refractivity (Wildman–Crippen MR) is 62.6 cm³/mol. The lowest BCUT2D eigenvalue weighted by Gasteiger charge is -2.45. The summed E-state index contributed by atoms with van der Waals surface area (Å²) in [5, 5.41) is 3.41. The van der Waals surface area contributed by atoms with E-state index in [0.717, 1.165) is 12.8 Å². The van der Waals surface area contributed by atoms with E-state index >= 15 is 0 Å². The van der Waals surface area contributed by atoms with Gasteiger partial charge < -0.3 is 10.1 Å². The first-order valence-corrected chi connectivity index (χ1v) is 5.60. The van der Waals surface area contributed by atoms with Crippen molar-refractivity contribution in [3.63, 3.8) is 0 Å². The molecule has 0 aromatic heterocycles. The molecule has 0 saturated carbocycles. The lowest BCUT2D eigenvalue weighted by molar-refractivity contribution is -0.0735. The van der Waals surface area contributed by atoms with Gasteiger partial charge in [-0.05, 0) is 25.3 Å². The summed E-state index contributed by atoms with van der Waals surface area (Å²) in [6, 6.07) is 0.384. The van der Waals surface area contributed by atoms with Crippen LogP contribution in [-0.2, 0) is 4.74 Å². The molecule has 0 aromatic carbocycles. The highest BCUT2D eigenvalue weighted by Crippen LogP contribution is 2.34. The highest BCUT2D eigenvalue weighted by atomic mass is 16.5. The van der Waals surface area contributed by atoms with E-state index in [0.29, 0.717) is 6.04 Å². The Kier molecular flexibility index (Phi) is 5.10. The van der Waals surface area contributed by atoms with Crippen LogP contribution in [0.2, 0.25) is 0 Å². The molecular weight excluding hydrogens is 174 g/mol. The molecule has 2 nitrogen and oxygen atoms in total. The minimum Gasteiger partial charge on any atom is -0.377 e. The summed E-state index contributed by atoms with van der Waals surface area (Å²) in [7, 11) is 3.85. The van der Waals surface area contributed by atoms with Crippen LogP contribution in [0.15, 0.2) is 0 Å². The third-order valence-corrected chi connectivity index (χ3v) is 3.28. The van der Waals surface area contributed by atoms with Gasteiger partial charge in [-0.3, -0.25) is 0 Å². The van der Waals surface area contributed by atoms with Crippen molar-refractivity contribution in [2.24, 2.45) is 5.41 Å². The zero-order valence-corrected chi connectivity index (χ0v) is 10.9. The van der Waals surface area contributed by atoms with Crippen molar-refractivity contribution in [3.05, 3.63) is 0 Å². The van der Waals surface area contributed by atoms with Gasteiger partial charge in [0.15, 0.2) is 0 Å². The molecule has 2 heteroatoms. The maximum Gasteiger partial charge on any atom is 0.0830 e. The minimum absolute atomic E-state index is 0.0347. The summed E-state index contributed by atoms with van der Waals surface area (Å²) in [6.07, 6.45) is 2.09. The van der Waals surface area contributed by atoms with E-state index in [2.05, 4.69) is 39.9 Å². The Balaban J connectivity index is 4.94. The smallest absolute Gasteiger partial charge is 0.0830 e. The predicted octanol–water partition coefficient (Wildman–Crippen LogP) is 2.83. The van der Waals surface area contributed by atoms with Crippen LogP contribution in [0.4, 0.5) is 0 Å². The van der Waals surface area contributed by atoms with Crippen molar-refractivity contribution >= 4 is 0 Å². The molecule has 86 valence electrons. The van der Waals surface area contributed by atoms with Crippen molar-refractivity contribution in [2.45, 2.75) is 59.1 Å². The summed E-state index contributed by atoms with van der Waals surface area (Å²) >= 11 is 0. The lowest BCUT2D eigenvalue weighted by Crippen LogP contribution is -2.56.